The number of piperidine rings is 1. The van der Waals surface area contributed by atoms with Crippen LogP contribution in [0.15, 0.2) is 30.3 Å². The first-order valence-corrected chi connectivity index (χ1v) is 12.5. The number of aromatic amines is 1. The molecule has 2 aromatic carbocycles. The van der Waals surface area contributed by atoms with Gasteiger partial charge in [-0.05, 0) is 54.7 Å². The molecule has 35 heavy (non-hydrogen) atoms. The summed E-state index contributed by atoms with van der Waals surface area (Å²) in [4.78, 5) is 19.8. The Labute approximate surface area is 206 Å². The van der Waals surface area contributed by atoms with Gasteiger partial charge >= 0.3 is 0 Å². The lowest BCUT2D eigenvalue weighted by atomic mass is 9.70. The van der Waals surface area contributed by atoms with Crippen molar-refractivity contribution >= 4 is 22.4 Å². The number of fused-ring (bicyclic) bond motifs is 4. The molecule has 6 heteroatoms. The molecule has 1 aliphatic heterocycles. The standard InChI is InChI=1S/C29H33N3O3/c1-5-19-15-22-23(16-25(19)32-10-8-20(9-11-32)35-13-12-34-4)29(2,3)28-26(27(22)33)21-7-6-18(17-30)14-24(21)31-28/h6-7,14-16,20,31H,5,8-13H2,1-4H3. The number of carbonyl (C=O) groups is 1. The van der Waals surface area contributed by atoms with Crippen LogP contribution in [0, 0.1) is 11.3 Å². The molecule has 1 N–H and O–H groups in total. The molecule has 0 atom stereocenters. The average molecular weight is 472 g/mol. The molecule has 0 amide bonds. The van der Waals surface area contributed by atoms with Gasteiger partial charge in [0.05, 0.1) is 36.5 Å². The highest BCUT2D eigenvalue weighted by molar-refractivity contribution is 6.20. The number of anilines is 1. The third-order valence-electron chi connectivity index (χ3n) is 7.72. The number of nitrogens with zero attached hydrogens (tertiary/aromatic N) is 2. The van der Waals surface area contributed by atoms with E-state index in [1.807, 2.05) is 12.1 Å². The largest absolute Gasteiger partial charge is 0.382 e. The summed E-state index contributed by atoms with van der Waals surface area (Å²) in [5.41, 5.74) is 7.03. The van der Waals surface area contributed by atoms with Crippen molar-refractivity contribution in [2.75, 3.05) is 38.3 Å². The van der Waals surface area contributed by atoms with Crippen molar-refractivity contribution in [3.8, 4) is 6.07 Å². The number of methoxy groups -OCH3 is 1. The number of hydrogen-bond donors (Lipinski definition) is 1. The summed E-state index contributed by atoms with van der Waals surface area (Å²) < 4.78 is 11.1. The third-order valence-corrected chi connectivity index (χ3v) is 7.72. The van der Waals surface area contributed by atoms with Crippen molar-refractivity contribution < 1.29 is 14.3 Å². The molecule has 1 aromatic heterocycles. The second-order valence-corrected chi connectivity index (χ2v) is 10.1. The van der Waals surface area contributed by atoms with Crippen LogP contribution in [0.5, 0.6) is 0 Å². The molecule has 1 saturated heterocycles. The Kier molecular flexibility index (Phi) is 6.16. The van der Waals surface area contributed by atoms with Gasteiger partial charge in [0, 0.05) is 53.5 Å². The van der Waals surface area contributed by atoms with Crippen molar-refractivity contribution in [1.82, 2.24) is 4.98 Å². The fraction of sp³-hybridized carbons (Fsp3) is 0.448. The molecule has 0 radical (unpaired) electrons. The molecule has 0 saturated carbocycles. The van der Waals surface area contributed by atoms with Crippen LogP contribution in [0.1, 0.15) is 71.9 Å². The molecular formula is C29H33N3O3. The summed E-state index contributed by atoms with van der Waals surface area (Å²) >= 11 is 0. The van der Waals surface area contributed by atoms with E-state index in [0.717, 1.165) is 65.6 Å². The first kappa shape index (κ1) is 23.6. The fourth-order valence-corrected chi connectivity index (χ4v) is 5.72. The zero-order valence-electron chi connectivity index (χ0n) is 21.0. The molecule has 2 heterocycles. The highest BCUT2D eigenvalue weighted by Gasteiger charge is 2.40. The van der Waals surface area contributed by atoms with Gasteiger partial charge < -0.3 is 19.4 Å². The van der Waals surface area contributed by atoms with E-state index in [1.54, 1.807) is 13.2 Å². The fourth-order valence-electron chi connectivity index (χ4n) is 5.72. The van der Waals surface area contributed by atoms with Crippen LogP contribution in [-0.2, 0) is 21.3 Å². The first-order valence-electron chi connectivity index (χ1n) is 12.5. The van der Waals surface area contributed by atoms with Crippen LogP contribution in [0.4, 0.5) is 5.69 Å². The van der Waals surface area contributed by atoms with Crippen LogP contribution in [0.25, 0.3) is 10.9 Å². The number of rotatable bonds is 6. The quantitative estimate of drug-likeness (QED) is 0.506. The lowest BCUT2D eigenvalue weighted by Crippen LogP contribution is -2.38. The predicted octanol–water partition coefficient (Wildman–Crippen LogP) is 5.10. The third kappa shape index (κ3) is 3.93. The summed E-state index contributed by atoms with van der Waals surface area (Å²) in [5, 5.41) is 10.2. The van der Waals surface area contributed by atoms with Crippen LogP contribution < -0.4 is 4.90 Å². The van der Waals surface area contributed by atoms with Gasteiger partial charge in [0.2, 0.25) is 0 Å². The summed E-state index contributed by atoms with van der Waals surface area (Å²) in [6.07, 6.45) is 3.11. The van der Waals surface area contributed by atoms with Crippen molar-refractivity contribution in [3.63, 3.8) is 0 Å². The lowest BCUT2D eigenvalue weighted by molar-refractivity contribution is 0.00609. The van der Waals surface area contributed by atoms with Gasteiger partial charge in [-0.3, -0.25) is 4.79 Å². The number of H-pyrrole nitrogens is 1. The number of hydrogen-bond acceptors (Lipinski definition) is 5. The Balaban J connectivity index is 1.52. The summed E-state index contributed by atoms with van der Waals surface area (Å²) in [6.45, 7) is 9.66. The van der Waals surface area contributed by atoms with Gasteiger partial charge in [-0.2, -0.15) is 5.26 Å². The Hall–Kier alpha value is -3.14. The van der Waals surface area contributed by atoms with E-state index in [2.05, 4.69) is 48.9 Å². The smallest absolute Gasteiger partial charge is 0.195 e. The monoisotopic (exact) mass is 471 g/mol. The van der Waals surface area contributed by atoms with Crippen molar-refractivity contribution in [1.29, 1.82) is 5.26 Å². The van der Waals surface area contributed by atoms with Crippen molar-refractivity contribution in [2.45, 2.75) is 51.6 Å². The molecule has 0 bridgehead atoms. The van der Waals surface area contributed by atoms with Gasteiger partial charge in [0.15, 0.2) is 5.78 Å². The van der Waals surface area contributed by atoms with Gasteiger partial charge in [0.1, 0.15) is 0 Å². The minimum atomic E-state index is -0.368. The van der Waals surface area contributed by atoms with E-state index in [4.69, 9.17) is 9.47 Å². The molecule has 0 unspecified atom stereocenters. The minimum Gasteiger partial charge on any atom is -0.382 e. The maximum absolute atomic E-state index is 13.8. The van der Waals surface area contributed by atoms with E-state index in [0.29, 0.717) is 18.8 Å². The number of aryl methyl sites for hydroxylation is 1. The van der Waals surface area contributed by atoms with Crippen molar-refractivity contribution in [2.24, 2.45) is 0 Å². The van der Waals surface area contributed by atoms with Crippen LogP contribution in [0.3, 0.4) is 0 Å². The molecule has 1 aliphatic carbocycles. The maximum atomic E-state index is 13.8. The maximum Gasteiger partial charge on any atom is 0.195 e. The number of nitriles is 1. The number of benzene rings is 2. The Bertz CT molecular complexity index is 1320. The van der Waals surface area contributed by atoms with Gasteiger partial charge in [-0.15, -0.1) is 0 Å². The highest BCUT2D eigenvalue weighted by atomic mass is 16.5. The zero-order chi connectivity index (χ0) is 24.7. The normalized spacial score (nSPS) is 17.3. The Morgan fingerprint density at radius 3 is 2.63 bits per heavy atom. The second-order valence-electron chi connectivity index (χ2n) is 10.1. The zero-order valence-corrected chi connectivity index (χ0v) is 21.0. The van der Waals surface area contributed by atoms with Gasteiger partial charge in [0.25, 0.3) is 0 Å². The topological polar surface area (TPSA) is 78.3 Å². The number of nitrogens with one attached hydrogen (secondary N) is 1. The highest BCUT2D eigenvalue weighted by Crippen LogP contribution is 2.46. The molecule has 6 nitrogen and oxygen atoms in total. The van der Waals surface area contributed by atoms with Crippen LogP contribution >= 0.6 is 0 Å². The van der Waals surface area contributed by atoms with Gasteiger partial charge in [-0.1, -0.05) is 26.8 Å². The molecule has 2 aliphatic rings. The first-order chi connectivity index (χ1) is 16.9. The second kappa shape index (κ2) is 9.14. The molecule has 0 spiro atoms. The van der Waals surface area contributed by atoms with E-state index < -0.39 is 0 Å². The summed E-state index contributed by atoms with van der Waals surface area (Å²) in [5.74, 6) is 0.0665. The number of carbonyl (C=O) groups excluding carboxylic acids is 1. The van der Waals surface area contributed by atoms with Gasteiger partial charge in [-0.25, -0.2) is 0 Å². The van der Waals surface area contributed by atoms with E-state index in [-0.39, 0.29) is 17.3 Å². The number of ether oxygens (including phenoxy) is 2. The summed E-state index contributed by atoms with van der Waals surface area (Å²) in [7, 11) is 1.70. The Morgan fingerprint density at radius 1 is 1.17 bits per heavy atom. The molecule has 5 rings (SSSR count). The Morgan fingerprint density at radius 2 is 1.94 bits per heavy atom. The molecule has 1 fully saturated rings. The number of aromatic nitrogens is 1. The number of ketones is 1. The lowest BCUT2D eigenvalue weighted by Gasteiger charge is -2.38. The SMILES string of the molecule is CCc1cc2c(cc1N1CCC(OCCOC)CC1)C(C)(C)c1[nH]c3cc(C#N)ccc3c1C2=O. The van der Waals surface area contributed by atoms with E-state index in [1.165, 1.54) is 11.3 Å². The minimum absolute atomic E-state index is 0.0665. The van der Waals surface area contributed by atoms with E-state index >= 15 is 0 Å². The average Bonchev–Trinajstić information content (AvgIpc) is 3.27. The van der Waals surface area contributed by atoms with Crippen molar-refractivity contribution in [3.05, 3.63) is 63.8 Å². The van der Waals surface area contributed by atoms with E-state index in [9.17, 15) is 10.1 Å². The molecule has 3 aromatic rings. The molecular weight excluding hydrogens is 438 g/mol. The summed E-state index contributed by atoms with van der Waals surface area (Å²) in [6, 6.07) is 12.1. The van der Waals surface area contributed by atoms with Crippen LogP contribution in [-0.4, -0.2) is 50.3 Å². The predicted molar refractivity (Wildman–Crippen MR) is 137 cm³/mol. The van der Waals surface area contributed by atoms with Crippen LogP contribution in [0.2, 0.25) is 0 Å². The molecule has 182 valence electrons.